The zero-order valence-electron chi connectivity index (χ0n) is 66.0. The summed E-state index contributed by atoms with van der Waals surface area (Å²) in [5, 5.41) is 143. The fraction of sp³-hybridized carbons (Fsp3) is 0.432. The quantitative estimate of drug-likeness (QED) is 0.00972. The maximum atomic E-state index is 14.4. The van der Waals surface area contributed by atoms with Gasteiger partial charge in [-0.25, -0.2) is 31.2 Å². The Morgan fingerprint density at radius 2 is 0.522 bits per heavy atom. The summed E-state index contributed by atoms with van der Waals surface area (Å²) < 4.78 is 54.8. The van der Waals surface area contributed by atoms with Gasteiger partial charge in [0.05, 0.1) is 263 Å². The van der Waals surface area contributed by atoms with Gasteiger partial charge in [-0.05, 0) is 18.2 Å². The van der Waals surface area contributed by atoms with Crippen LogP contribution in [0.1, 0.15) is 95.5 Å². The van der Waals surface area contributed by atoms with Gasteiger partial charge in [0.25, 0.3) is 0 Å². The van der Waals surface area contributed by atoms with Crippen LogP contribution in [-0.2, 0) is 0 Å². The van der Waals surface area contributed by atoms with E-state index in [9.17, 15) is 118 Å². The molecule has 0 radical (unpaired) electrons. The number of aromatic hydroxyl groups is 6. The van der Waals surface area contributed by atoms with E-state index in [2.05, 4.69) is 0 Å². The summed E-state index contributed by atoms with van der Waals surface area (Å²) in [6, 6.07) is 3.62. The summed E-state index contributed by atoms with van der Waals surface area (Å²) >= 11 is 33.6. The minimum atomic E-state index is -1.89. The highest BCUT2D eigenvalue weighted by Crippen LogP contribution is 2.55. The molecule has 115 heavy (non-hydrogen) atoms. The number of phenolic OH excluding ortho intramolecular Hbond substituents is 6. The topological polar surface area (TPSA) is 405 Å². The number of halogens is 9. The third-order valence-electron chi connectivity index (χ3n) is 19.1. The summed E-state index contributed by atoms with van der Waals surface area (Å²) in [6.45, 7) is 0.906. The number of hydrogen-bond donors (Lipinski definition) is 14. The molecular formula is C74H97Cl5F4N12O20+6. The maximum absolute atomic E-state index is 14.4. The second-order valence-corrected chi connectivity index (χ2v) is 33.2. The van der Waals surface area contributed by atoms with Crippen molar-refractivity contribution in [2.45, 2.75) is 0 Å². The lowest BCUT2D eigenvalue weighted by Gasteiger charge is -2.36. The minimum Gasteiger partial charge on any atom is -0.507 e. The van der Waals surface area contributed by atoms with E-state index in [1.165, 1.54) is 115 Å². The summed E-state index contributed by atoms with van der Waals surface area (Å²) in [4.78, 5) is 92.4. The predicted molar refractivity (Wildman–Crippen MR) is 418 cm³/mol. The first-order valence-corrected chi connectivity index (χ1v) is 37.2. The summed E-state index contributed by atoms with van der Waals surface area (Å²) in [6.07, 6.45) is 0. The Morgan fingerprint density at radius 1 is 0.304 bits per heavy atom. The molecule has 41 heteroatoms. The van der Waals surface area contributed by atoms with Crippen molar-refractivity contribution < 1.29 is 146 Å². The molecule has 0 heterocycles. The molecule has 0 saturated heterocycles. The van der Waals surface area contributed by atoms with Crippen molar-refractivity contribution in [1.82, 2.24) is 0 Å². The van der Waals surface area contributed by atoms with Crippen LogP contribution in [0.15, 0.2) is 18.2 Å². The zero-order chi connectivity index (χ0) is 87.4. The molecule has 3 aliphatic rings. The van der Waals surface area contributed by atoms with Crippen LogP contribution in [-0.4, -0.2) is 352 Å². The van der Waals surface area contributed by atoms with Crippen molar-refractivity contribution in [2.75, 3.05) is 247 Å². The molecule has 0 unspecified atom stereocenters. The van der Waals surface area contributed by atoms with E-state index in [1.807, 2.05) is 0 Å². The predicted octanol–water partition coefficient (Wildman–Crippen LogP) is 7.58. The molecule has 14 N–H and O–H groups in total. The van der Waals surface area contributed by atoms with E-state index < -0.39 is 154 Å². The number of quaternary nitrogens is 6. The zero-order valence-corrected chi connectivity index (χ0v) is 69.8. The molecule has 0 amide bonds. The molecule has 0 saturated carbocycles. The van der Waals surface area contributed by atoms with Gasteiger partial charge in [-0.2, -0.15) is 45.4 Å². The number of likely N-dealkylation sites (N-methyl/N-ethyl adjacent to an activating group) is 10. The molecule has 0 aromatic heterocycles. The molecule has 0 fully saturated rings. The van der Waals surface area contributed by atoms with E-state index in [-0.39, 0.29) is 197 Å². The second-order valence-electron chi connectivity index (χ2n) is 31.3. The number of hydroxylamine groups is 18. The van der Waals surface area contributed by atoms with Crippen molar-refractivity contribution >= 4 is 127 Å². The number of hydrogen-bond acceptors (Lipinski definition) is 26. The third kappa shape index (κ3) is 19.9. The van der Waals surface area contributed by atoms with Crippen molar-refractivity contribution in [1.29, 1.82) is 0 Å². The highest BCUT2D eigenvalue weighted by molar-refractivity contribution is 6.50. The highest BCUT2D eigenvalue weighted by Gasteiger charge is 2.48. The molecule has 3 aliphatic carbocycles. The second kappa shape index (κ2) is 35.0. The Labute approximate surface area is 684 Å². The van der Waals surface area contributed by atoms with Crippen LogP contribution in [0.25, 0.3) is 0 Å². The van der Waals surface area contributed by atoms with E-state index in [0.717, 1.165) is 12.1 Å². The first-order chi connectivity index (χ1) is 52.7. The molecule has 630 valence electrons. The molecule has 6 aromatic rings. The average Bonchev–Trinajstić information content (AvgIpc) is 0.721. The van der Waals surface area contributed by atoms with Gasteiger partial charge in [0.2, 0.25) is 58.0 Å². The van der Waals surface area contributed by atoms with Crippen LogP contribution >= 0.6 is 58.0 Å². The van der Waals surface area contributed by atoms with Gasteiger partial charge in [0.15, 0.2) is 23.0 Å². The van der Waals surface area contributed by atoms with Crippen LogP contribution in [0.3, 0.4) is 0 Å². The molecule has 0 bridgehead atoms. The lowest BCUT2D eigenvalue weighted by molar-refractivity contribution is -1.07. The number of rotatable bonds is 28. The molecule has 9 rings (SSSR count). The van der Waals surface area contributed by atoms with Gasteiger partial charge in [-0.15, -0.1) is 0 Å². The Hall–Kier alpha value is -8.45. The number of aliphatic hydroxyl groups excluding tert-OH is 2. The number of ketones is 6. The van der Waals surface area contributed by atoms with E-state index in [4.69, 9.17) is 58.0 Å². The van der Waals surface area contributed by atoms with Gasteiger partial charge < -0.3 is 70.3 Å². The lowest BCUT2D eigenvalue weighted by atomic mass is 9.80. The largest absolute Gasteiger partial charge is 0.507 e. The number of carbonyl (C=O) groups excluding carboxylic acids is 6. The fourth-order valence-electron chi connectivity index (χ4n) is 13.0. The van der Waals surface area contributed by atoms with Gasteiger partial charge in [0.1, 0.15) is 50.8 Å². The lowest BCUT2D eigenvalue weighted by Crippen LogP contribution is -2.45. The molecule has 6 aromatic carbocycles. The normalized spacial score (nSPS) is 13.4. The van der Waals surface area contributed by atoms with Crippen molar-refractivity contribution in [3.63, 3.8) is 0 Å². The minimum absolute atomic E-state index is 0.0156. The van der Waals surface area contributed by atoms with Gasteiger partial charge in [-0.3, -0.25) is 28.8 Å². The summed E-state index contributed by atoms with van der Waals surface area (Å²) in [5.74, 6) is -20.0. The number of benzene rings is 6. The number of nitrogens with zero attached hydrogens (tertiary/aromatic N) is 12. The molecule has 0 spiro atoms. The monoisotopic (exact) mass is 1720 g/mol. The van der Waals surface area contributed by atoms with Gasteiger partial charge in [-0.1, -0.05) is 58.0 Å². The van der Waals surface area contributed by atoms with Crippen LogP contribution in [0.4, 0.5) is 51.7 Å². The Morgan fingerprint density at radius 3 is 0.791 bits per heavy atom. The summed E-state index contributed by atoms with van der Waals surface area (Å²) in [5.41, 5.74) is -5.79. The molecule has 32 nitrogen and oxygen atoms in total. The maximum Gasteiger partial charge on any atom is 0.205 e. The Bertz CT molecular complexity index is 4690. The molecule has 0 atom stereocenters. The Balaban J connectivity index is 0.000000239. The van der Waals surface area contributed by atoms with Crippen LogP contribution < -0.4 is 29.4 Å². The van der Waals surface area contributed by atoms with E-state index in [1.54, 1.807) is 33.1 Å². The average molecular weight is 1730 g/mol. The Kier molecular flexibility index (Phi) is 28.5. The SMILES string of the molecule is CN(CC[N+](C)(C)O)c1c(Cl)c(Cl)c(N(C)CC[N+](C)(C)O)c2c1C(=O)c1c(O)c(F)c(F)c(O)c1C2=O.CN(CC[N+](C)(C)O)c1cc(Cl)c(N(C)CC[N+](C)(C)O)c2c1C(=O)c1c(O)c(F)c(F)c(O)c1C2=O.C[N+](C)(O)CCN(CCO)c1c(Cl)c(Cl)c(N(CCO)CC[N+](C)(C)O)c2c1C(=O)c1c(O)ccc(O)c1C2=O. The number of phenols is 6. The van der Waals surface area contributed by atoms with Crippen molar-refractivity contribution in [2.24, 2.45) is 0 Å². The van der Waals surface area contributed by atoms with Crippen LogP contribution in [0, 0.1) is 23.3 Å². The number of fused-ring (bicyclic) bond motifs is 6. The standard InChI is InChI=1S/C26H34Cl2N4O8.C24H28Cl2F2N4O6.C24H29ClF2N4O6/c1-31(2,39)11-7-29(9-13-33)23-19-20(26(38)18-16(36)6-5-15(35)17(18)25(19)37)24(22(28)21(23)27)30(10-14-34)8-12-32(3,4)40;1-29(7-9-31(3,4)37)19-11-12(20(16(26)15(19)25)30(2)8-10-32(5,6)38)22(34)14-13(21(11)33)23(35)17(27)18(28)24(14)36;1-28(7-9-30(3,4)36)13-11-12(25)20(29(2)8-10-31(5,6)37)15-14(13)21(32)16-17(22(15)33)24(35)19(27)18(26)23(16)34/h5-6,33-34,39-40H,7-14H2,1-4H3;37-38H,7-10H2,1-6H3;11,36-37H,7-10H2,1-6H3/p+6. The summed E-state index contributed by atoms with van der Waals surface area (Å²) in [7, 11) is 24.5. The van der Waals surface area contributed by atoms with Gasteiger partial charge >= 0.3 is 0 Å². The first kappa shape index (κ1) is 93.7. The number of anilines is 6. The highest BCUT2D eigenvalue weighted by atomic mass is 35.5. The van der Waals surface area contributed by atoms with Crippen molar-refractivity contribution in [3.05, 3.63) is 133 Å². The number of carbonyl (C=O) groups is 6. The molecule has 0 aliphatic heterocycles. The molecular weight excluding hydrogens is 1630 g/mol. The number of aliphatic hydroxyl groups is 2. The van der Waals surface area contributed by atoms with E-state index >= 15 is 0 Å². The fourth-order valence-corrected chi connectivity index (χ4v) is 14.6. The van der Waals surface area contributed by atoms with Crippen LogP contribution in [0.5, 0.6) is 34.5 Å². The van der Waals surface area contributed by atoms with Crippen LogP contribution in [0.2, 0.25) is 25.1 Å². The third-order valence-corrected chi connectivity index (χ3v) is 21.1. The van der Waals surface area contributed by atoms with E-state index in [0.29, 0.717) is 0 Å². The first-order valence-electron chi connectivity index (χ1n) is 35.3. The van der Waals surface area contributed by atoms with Gasteiger partial charge in [0, 0.05) is 41.3 Å². The van der Waals surface area contributed by atoms with Crippen molar-refractivity contribution in [3.8, 4) is 34.5 Å². The smallest absolute Gasteiger partial charge is 0.205 e.